The maximum atomic E-state index is 12.9. The number of halogens is 1. The van der Waals surface area contributed by atoms with Crippen LogP contribution in [0.4, 0.5) is 5.69 Å². The predicted octanol–water partition coefficient (Wildman–Crippen LogP) is 2.48. The van der Waals surface area contributed by atoms with Crippen molar-refractivity contribution in [2.24, 2.45) is 11.1 Å². The maximum absolute atomic E-state index is 12.9. The molecular weight excluding hydrogens is 372 g/mol. The Morgan fingerprint density at radius 1 is 1.07 bits per heavy atom. The molecule has 0 radical (unpaired) electrons. The Kier molecular flexibility index (Phi) is 4.16. The average Bonchev–Trinajstić information content (AvgIpc) is 3.23. The summed E-state index contributed by atoms with van der Waals surface area (Å²) in [6.07, 6.45) is -1.13. The number of Topliss-reactive ketones (excluding diaryl/α,β-unsaturated/α-hetero) is 1. The number of ketones is 1. The first-order chi connectivity index (χ1) is 13.0. The third kappa shape index (κ3) is 2.76. The van der Waals surface area contributed by atoms with Crippen LogP contribution >= 0.6 is 11.6 Å². The number of hydrogen-bond acceptors (Lipinski definition) is 6. The molecule has 1 fully saturated rings. The first kappa shape index (κ1) is 17.2. The smallest absolute Gasteiger partial charge is 0.278 e. The van der Waals surface area contributed by atoms with Crippen LogP contribution in [0.2, 0.25) is 5.02 Å². The number of oxime groups is 1. The highest BCUT2D eigenvalue weighted by molar-refractivity contribution is 6.52. The van der Waals surface area contributed by atoms with E-state index in [-0.39, 0.29) is 5.71 Å². The van der Waals surface area contributed by atoms with E-state index in [1.165, 1.54) is 7.11 Å². The van der Waals surface area contributed by atoms with Crippen LogP contribution < -0.4 is 9.64 Å². The van der Waals surface area contributed by atoms with Crippen molar-refractivity contribution in [3.8, 4) is 5.75 Å². The molecule has 2 heterocycles. The predicted molar refractivity (Wildman–Crippen MR) is 97.1 cm³/mol. The highest BCUT2D eigenvalue weighted by Crippen LogP contribution is 2.34. The number of carbonyl (C=O) groups excluding carboxylic acids is 3. The summed E-state index contributed by atoms with van der Waals surface area (Å²) in [5.41, 5.74) is 0.604. The number of imide groups is 1. The number of anilines is 1. The molecule has 136 valence electrons. The lowest BCUT2D eigenvalue weighted by molar-refractivity contribution is -0.126. The molecule has 1 saturated heterocycles. The highest BCUT2D eigenvalue weighted by Gasteiger charge is 2.57. The van der Waals surface area contributed by atoms with Gasteiger partial charge in [-0.1, -0.05) is 16.8 Å². The number of ether oxygens (including phenoxy) is 1. The zero-order valence-electron chi connectivity index (χ0n) is 14.1. The van der Waals surface area contributed by atoms with Gasteiger partial charge < -0.3 is 9.57 Å². The van der Waals surface area contributed by atoms with Crippen LogP contribution in [0.15, 0.2) is 53.7 Å². The van der Waals surface area contributed by atoms with Crippen LogP contribution in [0, 0.1) is 5.92 Å². The number of rotatable bonds is 4. The molecule has 0 aliphatic carbocycles. The fraction of sp³-hybridized carbons (Fsp3) is 0.158. The van der Waals surface area contributed by atoms with Crippen LogP contribution in [0.5, 0.6) is 5.75 Å². The molecule has 0 spiro atoms. The van der Waals surface area contributed by atoms with Crippen molar-refractivity contribution in [3.05, 3.63) is 59.1 Å². The SMILES string of the molecule is COc1ccc(C(=O)C2=NO[C@@H]3C(=O)N(c4ccc(Cl)cc4)C(=O)[C@@H]23)cc1. The molecule has 8 heteroatoms. The summed E-state index contributed by atoms with van der Waals surface area (Å²) < 4.78 is 5.07. The van der Waals surface area contributed by atoms with Gasteiger partial charge >= 0.3 is 0 Å². The number of amides is 2. The summed E-state index contributed by atoms with van der Waals surface area (Å²) in [7, 11) is 1.52. The normalized spacial score (nSPS) is 21.0. The second kappa shape index (κ2) is 6.51. The van der Waals surface area contributed by atoms with E-state index in [4.69, 9.17) is 21.2 Å². The fourth-order valence-electron chi connectivity index (χ4n) is 3.10. The van der Waals surface area contributed by atoms with Gasteiger partial charge in [-0.3, -0.25) is 14.4 Å². The van der Waals surface area contributed by atoms with Crippen molar-refractivity contribution in [2.45, 2.75) is 6.10 Å². The Bertz CT molecular complexity index is 969. The molecule has 7 nitrogen and oxygen atoms in total. The van der Waals surface area contributed by atoms with Crippen molar-refractivity contribution < 1.29 is 24.0 Å². The van der Waals surface area contributed by atoms with Gasteiger partial charge in [-0.25, -0.2) is 4.90 Å². The van der Waals surface area contributed by atoms with Gasteiger partial charge in [-0.15, -0.1) is 0 Å². The van der Waals surface area contributed by atoms with E-state index in [2.05, 4.69) is 5.16 Å². The fourth-order valence-corrected chi connectivity index (χ4v) is 3.23. The third-order valence-corrected chi connectivity index (χ3v) is 4.73. The van der Waals surface area contributed by atoms with Crippen LogP contribution in [0.25, 0.3) is 0 Å². The molecule has 2 aromatic rings. The molecule has 27 heavy (non-hydrogen) atoms. The van der Waals surface area contributed by atoms with Gasteiger partial charge in [0.05, 0.1) is 12.8 Å². The number of carbonyl (C=O) groups is 3. The van der Waals surface area contributed by atoms with Crippen LogP contribution in [0.3, 0.4) is 0 Å². The first-order valence-electron chi connectivity index (χ1n) is 8.07. The zero-order valence-corrected chi connectivity index (χ0v) is 14.8. The Labute approximate surface area is 159 Å². The zero-order chi connectivity index (χ0) is 19.1. The topological polar surface area (TPSA) is 85.3 Å². The van der Waals surface area contributed by atoms with Gasteiger partial charge in [0.1, 0.15) is 17.4 Å². The number of hydrogen-bond donors (Lipinski definition) is 0. The summed E-state index contributed by atoms with van der Waals surface area (Å²) in [4.78, 5) is 44.4. The van der Waals surface area contributed by atoms with Crippen molar-refractivity contribution in [1.82, 2.24) is 0 Å². The number of benzene rings is 2. The molecule has 2 amide bonds. The number of nitrogens with zero attached hydrogens (tertiary/aromatic N) is 2. The first-order valence-corrected chi connectivity index (χ1v) is 8.45. The van der Waals surface area contributed by atoms with Gasteiger partial charge in [0.15, 0.2) is 0 Å². The lowest BCUT2D eigenvalue weighted by Crippen LogP contribution is -2.34. The van der Waals surface area contributed by atoms with Gasteiger partial charge in [0.25, 0.3) is 5.91 Å². The van der Waals surface area contributed by atoms with E-state index in [1.54, 1.807) is 48.5 Å². The average molecular weight is 385 g/mol. The molecule has 0 aromatic heterocycles. The van der Waals surface area contributed by atoms with Gasteiger partial charge in [-0.05, 0) is 48.5 Å². The molecule has 4 rings (SSSR count). The second-order valence-electron chi connectivity index (χ2n) is 6.03. The minimum Gasteiger partial charge on any atom is -0.497 e. The van der Waals surface area contributed by atoms with Gasteiger partial charge in [0, 0.05) is 10.6 Å². The number of methoxy groups -OCH3 is 1. The van der Waals surface area contributed by atoms with Crippen molar-refractivity contribution in [1.29, 1.82) is 0 Å². The van der Waals surface area contributed by atoms with E-state index >= 15 is 0 Å². The summed E-state index contributed by atoms with van der Waals surface area (Å²) in [5.74, 6) is -2.05. The van der Waals surface area contributed by atoms with E-state index in [0.29, 0.717) is 22.0 Å². The Balaban J connectivity index is 1.63. The standard InChI is InChI=1S/C19H13ClN2O5/c1-26-13-8-2-10(3-9-13)16(23)15-14-17(27-21-15)19(25)22(18(14)24)12-6-4-11(20)5-7-12/h2-9,14,17H,1H3/t14-,17-/m0/s1. The Hall–Kier alpha value is -3.19. The van der Waals surface area contributed by atoms with E-state index < -0.39 is 29.6 Å². The minimum absolute atomic E-state index is 0.0834. The third-order valence-electron chi connectivity index (χ3n) is 4.48. The summed E-state index contributed by atoms with van der Waals surface area (Å²) in [6, 6.07) is 12.6. The quantitative estimate of drug-likeness (QED) is 0.597. The molecule has 0 N–H and O–H groups in total. The summed E-state index contributed by atoms with van der Waals surface area (Å²) in [5, 5.41) is 4.21. The molecule has 0 unspecified atom stereocenters. The van der Waals surface area contributed by atoms with E-state index in [0.717, 1.165) is 4.90 Å². The highest BCUT2D eigenvalue weighted by atomic mass is 35.5. The second-order valence-corrected chi connectivity index (χ2v) is 6.46. The Morgan fingerprint density at radius 3 is 2.37 bits per heavy atom. The number of fused-ring (bicyclic) bond motifs is 1. The molecule has 2 aromatic carbocycles. The lowest BCUT2D eigenvalue weighted by atomic mass is 9.93. The van der Waals surface area contributed by atoms with Crippen molar-refractivity contribution >= 4 is 40.6 Å². The minimum atomic E-state index is -1.13. The lowest BCUT2D eigenvalue weighted by Gasteiger charge is -2.15. The summed E-state index contributed by atoms with van der Waals surface area (Å²) >= 11 is 5.86. The van der Waals surface area contributed by atoms with E-state index in [1.807, 2.05) is 0 Å². The van der Waals surface area contributed by atoms with E-state index in [9.17, 15) is 14.4 Å². The van der Waals surface area contributed by atoms with Crippen LogP contribution in [0.1, 0.15) is 10.4 Å². The molecule has 0 saturated carbocycles. The summed E-state index contributed by atoms with van der Waals surface area (Å²) in [6.45, 7) is 0. The monoisotopic (exact) mass is 384 g/mol. The Morgan fingerprint density at radius 2 is 1.74 bits per heavy atom. The maximum Gasteiger partial charge on any atom is 0.278 e. The molecule has 2 atom stereocenters. The van der Waals surface area contributed by atoms with Crippen LogP contribution in [-0.2, 0) is 14.4 Å². The van der Waals surface area contributed by atoms with Crippen molar-refractivity contribution in [3.63, 3.8) is 0 Å². The van der Waals surface area contributed by atoms with Crippen LogP contribution in [-0.4, -0.2) is 36.5 Å². The van der Waals surface area contributed by atoms with Gasteiger partial charge in [-0.2, -0.15) is 0 Å². The molecule has 2 aliphatic heterocycles. The largest absolute Gasteiger partial charge is 0.497 e. The molecule has 0 bridgehead atoms. The molecular formula is C19H13ClN2O5. The molecule has 2 aliphatic rings. The van der Waals surface area contributed by atoms with Crippen molar-refractivity contribution in [2.75, 3.05) is 12.0 Å². The van der Waals surface area contributed by atoms with Gasteiger partial charge in [0.2, 0.25) is 17.8 Å².